The van der Waals surface area contributed by atoms with Crippen LogP contribution in [0.4, 0.5) is 5.69 Å². The first-order valence-corrected chi connectivity index (χ1v) is 14.3. The van der Waals surface area contributed by atoms with E-state index in [0.717, 1.165) is 33.4 Å². The Morgan fingerprint density at radius 3 is 2.46 bits per heavy atom. The Morgan fingerprint density at radius 2 is 1.66 bits per heavy atom. The second-order valence-corrected chi connectivity index (χ2v) is 10.3. The number of ether oxygens (including phenoxy) is 1. The van der Waals surface area contributed by atoms with Crippen molar-refractivity contribution in [2.45, 2.75) is 18.6 Å². The van der Waals surface area contributed by atoms with E-state index < -0.39 is 0 Å². The molecule has 6 aromatic rings. The topological polar surface area (TPSA) is 97.6 Å². The molecular formula is C32H27N5O3S. The molecule has 0 saturated carbocycles. The molecular weight excluding hydrogens is 534 g/mol. The molecule has 2 amide bonds. The third-order valence-electron chi connectivity index (χ3n) is 6.55. The molecule has 0 saturated heterocycles. The lowest BCUT2D eigenvalue weighted by atomic mass is 10.1. The Labute approximate surface area is 240 Å². The molecule has 0 aliphatic heterocycles. The smallest absolute Gasteiger partial charge is 0.251 e. The molecule has 0 aliphatic carbocycles. The Balaban J connectivity index is 1.28. The van der Waals surface area contributed by atoms with Crippen LogP contribution in [-0.4, -0.2) is 38.5 Å². The monoisotopic (exact) mass is 561 g/mol. The number of carbonyl (C=O) groups excluding carboxylic acids is 2. The summed E-state index contributed by atoms with van der Waals surface area (Å²) < 4.78 is 7.45. The molecule has 9 heteroatoms. The zero-order chi connectivity index (χ0) is 28.2. The van der Waals surface area contributed by atoms with Crippen molar-refractivity contribution >= 4 is 56.8 Å². The second kappa shape index (κ2) is 11.7. The number of thioether (sulfide) groups is 1. The van der Waals surface area contributed by atoms with Crippen LogP contribution in [0.2, 0.25) is 0 Å². The normalized spacial score (nSPS) is 11.1. The molecule has 0 atom stereocenters. The Kier molecular flexibility index (Phi) is 7.51. The molecule has 2 aromatic heterocycles. The molecule has 2 heterocycles. The summed E-state index contributed by atoms with van der Waals surface area (Å²) in [6, 6.07) is 30.3. The number of carbonyl (C=O) groups is 2. The summed E-state index contributed by atoms with van der Waals surface area (Å²) in [5.41, 5.74) is 5.30. The standard InChI is InChI=1S/C32H27N5O3S/c1-2-40-24-15-13-23(14-16-24)34-29(38)20-41-32-36-27-18-22(31(39)33-19-21-8-4-3-5-9-21)12-17-25(27)30-35-26-10-6-7-11-28(26)37(30)32/h3-18H,2,19-20H2,1H3,(H,33,39)(H,34,38). The number of aromatic nitrogens is 3. The van der Waals surface area contributed by atoms with Crippen LogP contribution in [0.25, 0.3) is 27.6 Å². The van der Waals surface area contributed by atoms with Crippen LogP contribution in [0, 0.1) is 0 Å². The van der Waals surface area contributed by atoms with E-state index >= 15 is 0 Å². The van der Waals surface area contributed by atoms with E-state index in [1.54, 1.807) is 12.1 Å². The van der Waals surface area contributed by atoms with Crippen LogP contribution in [0.15, 0.2) is 102 Å². The van der Waals surface area contributed by atoms with Gasteiger partial charge < -0.3 is 15.4 Å². The summed E-state index contributed by atoms with van der Waals surface area (Å²) in [6.45, 7) is 2.94. The summed E-state index contributed by atoms with van der Waals surface area (Å²) in [6.07, 6.45) is 0. The van der Waals surface area contributed by atoms with E-state index in [2.05, 4.69) is 10.6 Å². The highest BCUT2D eigenvalue weighted by atomic mass is 32.2. The van der Waals surface area contributed by atoms with E-state index in [1.807, 2.05) is 96.3 Å². The van der Waals surface area contributed by atoms with Crippen molar-refractivity contribution in [2.24, 2.45) is 0 Å². The molecule has 0 radical (unpaired) electrons. The zero-order valence-corrected chi connectivity index (χ0v) is 23.2. The lowest BCUT2D eigenvalue weighted by Crippen LogP contribution is -2.22. The van der Waals surface area contributed by atoms with Gasteiger partial charge in [0, 0.05) is 23.2 Å². The molecule has 2 N–H and O–H groups in total. The average molecular weight is 562 g/mol. The highest BCUT2D eigenvalue weighted by Gasteiger charge is 2.17. The van der Waals surface area contributed by atoms with Crippen molar-refractivity contribution in [3.63, 3.8) is 0 Å². The maximum atomic E-state index is 13.0. The number of fused-ring (bicyclic) bond motifs is 5. The Morgan fingerprint density at radius 1 is 0.878 bits per heavy atom. The van der Waals surface area contributed by atoms with Gasteiger partial charge in [0.15, 0.2) is 5.16 Å². The quantitative estimate of drug-likeness (QED) is 0.164. The zero-order valence-electron chi connectivity index (χ0n) is 22.3. The first kappa shape index (κ1) is 26.3. The van der Waals surface area contributed by atoms with Crippen LogP contribution in [0.3, 0.4) is 0 Å². The summed E-state index contributed by atoms with van der Waals surface area (Å²) >= 11 is 1.32. The number of nitrogens with one attached hydrogen (secondary N) is 2. The van der Waals surface area contributed by atoms with E-state index in [9.17, 15) is 9.59 Å². The van der Waals surface area contributed by atoms with Gasteiger partial charge in [-0.15, -0.1) is 0 Å². The summed E-state index contributed by atoms with van der Waals surface area (Å²) in [5.74, 6) is 0.551. The van der Waals surface area contributed by atoms with Crippen LogP contribution >= 0.6 is 11.8 Å². The van der Waals surface area contributed by atoms with Crippen molar-refractivity contribution in [1.29, 1.82) is 0 Å². The van der Waals surface area contributed by atoms with Crippen LogP contribution in [0.5, 0.6) is 5.75 Å². The van der Waals surface area contributed by atoms with E-state index in [-0.39, 0.29) is 17.6 Å². The fourth-order valence-corrected chi connectivity index (χ4v) is 5.42. The van der Waals surface area contributed by atoms with E-state index in [1.165, 1.54) is 11.8 Å². The lowest BCUT2D eigenvalue weighted by molar-refractivity contribution is -0.113. The van der Waals surface area contributed by atoms with Gasteiger partial charge in [-0.3, -0.25) is 14.0 Å². The van der Waals surface area contributed by atoms with Crippen molar-refractivity contribution in [2.75, 3.05) is 17.7 Å². The first-order valence-electron chi connectivity index (χ1n) is 13.3. The average Bonchev–Trinajstić information content (AvgIpc) is 3.40. The van der Waals surface area contributed by atoms with Crippen molar-refractivity contribution < 1.29 is 14.3 Å². The van der Waals surface area contributed by atoms with Gasteiger partial charge in [0.25, 0.3) is 5.91 Å². The molecule has 8 nitrogen and oxygen atoms in total. The lowest BCUT2D eigenvalue weighted by Gasteiger charge is -2.11. The predicted molar refractivity (Wildman–Crippen MR) is 163 cm³/mol. The summed E-state index contributed by atoms with van der Waals surface area (Å²) in [5, 5.41) is 7.34. The van der Waals surface area contributed by atoms with Crippen LogP contribution in [0.1, 0.15) is 22.8 Å². The number of para-hydroxylation sites is 2. The molecule has 0 fully saturated rings. The number of amides is 2. The number of nitrogens with zero attached hydrogens (tertiary/aromatic N) is 3. The largest absolute Gasteiger partial charge is 0.494 e. The molecule has 0 bridgehead atoms. The fraction of sp³-hybridized carbons (Fsp3) is 0.125. The molecule has 0 aliphatic rings. The maximum Gasteiger partial charge on any atom is 0.251 e. The van der Waals surface area contributed by atoms with Gasteiger partial charge in [0.1, 0.15) is 11.4 Å². The van der Waals surface area contributed by atoms with Gasteiger partial charge >= 0.3 is 0 Å². The predicted octanol–water partition coefficient (Wildman–Crippen LogP) is 6.10. The number of anilines is 1. The van der Waals surface area contributed by atoms with Gasteiger partial charge in [0.2, 0.25) is 5.91 Å². The fourth-order valence-electron chi connectivity index (χ4n) is 4.61. The molecule has 204 valence electrons. The van der Waals surface area contributed by atoms with Crippen molar-refractivity contribution in [3.8, 4) is 5.75 Å². The van der Waals surface area contributed by atoms with E-state index in [4.69, 9.17) is 14.7 Å². The number of hydrogen-bond acceptors (Lipinski definition) is 6. The summed E-state index contributed by atoms with van der Waals surface area (Å²) in [4.78, 5) is 35.6. The van der Waals surface area contributed by atoms with Gasteiger partial charge in [-0.2, -0.15) is 0 Å². The van der Waals surface area contributed by atoms with Gasteiger partial charge in [-0.25, -0.2) is 9.97 Å². The highest BCUT2D eigenvalue weighted by molar-refractivity contribution is 7.99. The molecule has 0 spiro atoms. The third kappa shape index (κ3) is 5.71. The molecule has 6 rings (SSSR count). The van der Waals surface area contributed by atoms with Gasteiger partial charge in [-0.1, -0.05) is 54.2 Å². The number of hydrogen-bond donors (Lipinski definition) is 2. The minimum Gasteiger partial charge on any atom is -0.494 e. The van der Waals surface area contributed by atoms with Crippen molar-refractivity contribution in [3.05, 3.63) is 108 Å². The highest BCUT2D eigenvalue weighted by Crippen LogP contribution is 2.30. The molecule has 0 unspecified atom stereocenters. The van der Waals surface area contributed by atoms with Gasteiger partial charge in [0.05, 0.1) is 28.9 Å². The third-order valence-corrected chi connectivity index (χ3v) is 7.48. The second-order valence-electron chi connectivity index (χ2n) is 9.35. The minimum absolute atomic E-state index is 0.143. The first-order chi connectivity index (χ1) is 20.1. The van der Waals surface area contributed by atoms with E-state index in [0.29, 0.717) is 35.1 Å². The SMILES string of the molecule is CCOc1ccc(NC(=O)CSc2nc3cc(C(=O)NCc4ccccc4)ccc3c3nc4ccccc4n23)cc1. The number of imidazole rings is 1. The van der Waals surface area contributed by atoms with Crippen LogP contribution in [-0.2, 0) is 11.3 Å². The van der Waals surface area contributed by atoms with Gasteiger partial charge in [-0.05, 0) is 67.1 Å². The van der Waals surface area contributed by atoms with Crippen LogP contribution < -0.4 is 15.4 Å². The van der Waals surface area contributed by atoms with Crippen molar-refractivity contribution in [1.82, 2.24) is 19.7 Å². The summed E-state index contributed by atoms with van der Waals surface area (Å²) in [7, 11) is 0. The Hall–Kier alpha value is -4.89. The Bertz CT molecular complexity index is 1870. The number of rotatable bonds is 9. The molecule has 4 aromatic carbocycles. The maximum absolute atomic E-state index is 13.0. The molecule has 41 heavy (non-hydrogen) atoms. The minimum atomic E-state index is -0.185. The number of benzene rings is 4.